The average Bonchev–Trinajstić information content (AvgIpc) is 3.07. The minimum Gasteiger partial charge on any atom is -0.354 e. The summed E-state index contributed by atoms with van der Waals surface area (Å²) in [5.41, 5.74) is 1.83. The van der Waals surface area contributed by atoms with E-state index in [1.807, 2.05) is 53.0 Å². The first-order valence-electron chi connectivity index (χ1n) is 11.0. The molecule has 0 aliphatic carbocycles. The predicted molar refractivity (Wildman–Crippen MR) is 119 cm³/mol. The fraction of sp³-hybridized carbons (Fsp3) is 0.478. The summed E-state index contributed by atoms with van der Waals surface area (Å²) in [4.78, 5) is 26.4. The van der Waals surface area contributed by atoms with E-state index in [2.05, 4.69) is 23.8 Å². The van der Waals surface area contributed by atoms with Gasteiger partial charge in [0.1, 0.15) is 11.6 Å². The molecule has 1 fully saturated rings. The number of fused-ring (bicyclic) bond motifs is 1. The van der Waals surface area contributed by atoms with Gasteiger partial charge in [0.05, 0.1) is 17.3 Å². The number of benzene rings is 1. The van der Waals surface area contributed by atoms with Crippen LogP contribution in [0.2, 0.25) is 0 Å². The number of amides is 1. The highest BCUT2D eigenvalue weighted by Crippen LogP contribution is 2.29. The second kappa shape index (κ2) is 8.81. The van der Waals surface area contributed by atoms with Crippen molar-refractivity contribution in [3.63, 3.8) is 0 Å². The van der Waals surface area contributed by atoms with Crippen LogP contribution in [0.4, 0.5) is 5.82 Å². The van der Waals surface area contributed by atoms with Gasteiger partial charge in [-0.1, -0.05) is 39.0 Å². The molecule has 1 aliphatic rings. The highest BCUT2D eigenvalue weighted by Gasteiger charge is 2.23. The summed E-state index contributed by atoms with van der Waals surface area (Å²) in [5.74, 6) is 2.27. The molecule has 1 saturated heterocycles. The SMILES string of the molecule is CCC(=O)N1CCCN(c2nc([C@H](C)CC)nc3c2cnn3-c2ccccc2)CC1. The van der Waals surface area contributed by atoms with Gasteiger partial charge in [-0.25, -0.2) is 14.6 Å². The summed E-state index contributed by atoms with van der Waals surface area (Å²) in [6.07, 6.45) is 4.34. The topological polar surface area (TPSA) is 67.2 Å². The molecule has 1 aromatic carbocycles. The number of carbonyl (C=O) groups is 1. The summed E-state index contributed by atoms with van der Waals surface area (Å²) in [6, 6.07) is 10.1. The molecule has 4 rings (SSSR count). The zero-order chi connectivity index (χ0) is 21.1. The van der Waals surface area contributed by atoms with Crippen molar-refractivity contribution in [2.75, 3.05) is 31.1 Å². The van der Waals surface area contributed by atoms with Gasteiger partial charge in [-0.2, -0.15) is 5.10 Å². The molecule has 1 atom stereocenters. The van der Waals surface area contributed by atoms with E-state index < -0.39 is 0 Å². The van der Waals surface area contributed by atoms with Crippen LogP contribution >= 0.6 is 0 Å². The summed E-state index contributed by atoms with van der Waals surface area (Å²) in [5, 5.41) is 5.61. The van der Waals surface area contributed by atoms with Crippen LogP contribution in [0.1, 0.15) is 51.8 Å². The molecule has 0 saturated carbocycles. The monoisotopic (exact) mass is 406 g/mol. The fourth-order valence-corrected chi connectivity index (χ4v) is 3.91. The van der Waals surface area contributed by atoms with Crippen molar-refractivity contribution >= 4 is 22.8 Å². The van der Waals surface area contributed by atoms with E-state index in [1.54, 1.807) is 0 Å². The Morgan fingerprint density at radius 1 is 1.07 bits per heavy atom. The minimum atomic E-state index is 0.224. The standard InChI is InChI=1S/C23H30N6O/c1-4-17(3)21-25-22(28-13-9-12-27(14-15-28)20(30)5-2)19-16-24-29(23(19)26-21)18-10-7-6-8-11-18/h6-8,10-11,16-17H,4-5,9,12-15H2,1-3H3/t17-/m1/s1. The maximum absolute atomic E-state index is 12.2. The number of nitrogens with zero attached hydrogens (tertiary/aromatic N) is 6. The molecule has 3 heterocycles. The lowest BCUT2D eigenvalue weighted by atomic mass is 10.1. The van der Waals surface area contributed by atoms with Crippen LogP contribution in [0.15, 0.2) is 36.5 Å². The molecule has 7 heteroatoms. The lowest BCUT2D eigenvalue weighted by Crippen LogP contribution is -2.35. The lowest BCUT2D eigenvalue weighted by Gasteiger charge is -2.24. The van der Waals surface area contributed by atoms with Crippen LogP contribution in [0.25, 0.3) is 16.7 Å². The van der Waals surface area contributed by atoms with E-state index in [1.165, 1.54) is 0 Å². The molecule has 0 unspecified atom stereocenters. The number of hydrogen-bond donors (Lipinski definition) is 0. The van der Waals surface area contributed by atoms with E-state index >= 15 is 0 Å². The highest BCUT2D eigenvalue weighted by atomic mass is 16.2. The second-order valence-electron chi connectivity index (χ2n) is 7.92. The summed E-state index contributed by atoms with van der Waals surface area (Å²) in [6.45, 7) is 9.42. The average molecular weight is 407 g/mol. The van der Waals surface area contributed by atoms with Crippen LogP contribution in [-0.2, 0) is 4.79 Å². The first-order valence-corrected chi connectivity index (χ1v) is 11.0. The van der Waals surface area contributed by atoms with Gasteiger partial charge >= 0.3 is 0 Å². The van der Waals surface area contributed by atoms with Crippen molar-refractivity contribution in [3.05, 3.63) is 42.4 Å². The molecule has 7 nitrogen and oxygen atoms in total. The van der Waals surface area contributed by atoms with Crippen LogP contribution in [0.5, 0.6) is 0 Å². The third kappa shape index (κ3) is 3.88. The third-order valence-corrected chi connectivity index (χ3v) is 5.93. The predicted octanol–water partition coefficient (Wildman–Crippen LogP) is 3.78. The van der Waals surface area contributed by atoms with Crippen LogP contribution < -0.4 is 4.90 Å². The maximum atomic E-state index is 12.2. The molecule has 0 radical (unpaired) electrons. The van der Waals surface area contributed by atoms with E-state index in [4.69, 9.17) is 9.97 Å². The molecule has 1 aliphatic heterocycles. The molecule has 0 N–H and O–H groups in total. The van der Waals surface area contributed by atoms with Crippen molar-refractivity contribution < 1.29 is 4.79 Å². The van der Waals surface area contributed by atoms with Crippen molar-refractivity contribution in [2.45, 2.75) is 46.0 Å². The Bertz CT molecular complexity index is 1020. The molecule has 158 valence electrons. The second-order valence-corrected chi connectivity index (χ2v) is 7.92. The molecule has 2 aromatic heterocycles. The van der Waals surface area contributed by atoms with Crippen molar-refractivity contribution in [1.82, 2.24) is 24.6 Å². The summed E-state index contributed by atoms with van der Waals surface area (Å²) in [7, 11) is 0. The number of rotatable bonds is 5. The molecule has 3 aromatic rings. The first-order chi connectivity index (χ1) is 14.6. The zero-order valence-electron chi connectivity index (χ0n) is 18.1. The number of carbonyl (C=O) groups excluding carboxylic acids is 1. The summed E-state index contributed by atoms with van der Waals surface area (Å²) < 4.78 is 1.90. The van der Waals surface area contributed by atoms with Crippen LogP contribution in [0.3, 0.4) is 0 Å². The van der Waals surface area contributed by atoms with Crippen molar-refractivity contribution in [2.24, 2.45) is 0 Å². The van der Waals surface area contributed by atoms with Gasteiger partial charge in [0.2, 0.25) is 5.91 Å². The smallest absolute Gasteiger partial charge is 0.222 e. The first kappa shape index (κ1) is 20.3. The Balaban J connectivity index is 1.77. The molecular weight excluding hydrogens is 376 g/mol. The molecule has 0 bridgehead atoms. The maximum Gasteiger partial charge on any atom is 0.222 e. The van der Waals surface area contributed by atoms with Crippen LogP contribution in [0, 0.1) is 0 Å². The van der Waals surface area contributed by atoms with E-state index in [0.29, 0.717) is 6.42 Å². The van der Waals surface area contributed by atoms with E-state index in [9.17, 15) is 4.79 Å². The molecule has 0 spiro atoms. The molecule has 30 heavy (non-hydrogen) atoms. The van der Waals surface area contributed by atoms with Gasteiger partial charge in [0.25, 0.3) is 0 Å². The molecule has 1 amide bonds. The Hall–Kier alpha value is -2.96. The Morgan fingerprint density at radius 3 is 2.60 bits per heavy atom. The third-order valence-electron chi connectivity index (χ3n) is 5.93. The summed E-state index contributed by atoms with van der Waals surface area (Å²) >= 11 is 0. The van der Waals surface area contributed by atoms with Gasteiger partial charge in [0.15, 0.2) is 5.65 Å². The van der Waals surface area contributed by atoms with Gasteiger partial charge in [-0.05, 0) is 25.0 Å². The molecular formula is C23H30N6O. The quantitative estimate of drug-likeness (QED) is 0.645. The Kier molecular flexibility index (Phi) is 5.97. The normalized spacial score (nSPS) is 16.0. The largest absolute Gasteiger partial charge is 0.354 e. The van der Waals surface area contributed by atoms with E-state index in [-0.39, 0.29) is 11.8 Å². The highest BCUT2D eigenvalue weighted by molar-refractivity contribution is 5.88. The van der Waals surface area contributed by atoms with Gasteiger partial charge in [0, 0.05) is 38.5 Å². The number of anilines is 1. The minimum absolute atomic E-state index is 0.224. The fourth-order valence-electron chi connectivity index (χ4n) is 3.91. The number of aromatic nitrogens is 4. The Labute approximate surface area is 177 Å². The Morgan fingerprint density at radius 2 is 1.87 bits per heavy atom. The van der Waals surface area contributed by atoms with Gasteiger partial charge in [-0.3, -0.25) is 4.79 Å². The number of para-hydroxylation sites is 1. The van der Waals surface area contributed by atoms with Crippen molar-refractivity contribution in [1.29, 1.82) is 0 Å². The lowest BCUT2D eigenvalue weighted by molar-refractivity contribution is -0.130. The van der Waals surface area contributed by atoms with Crippen molar-refractivity contribution in [3.8, 4) is 5.69 Å². The number of hydrogen-bond acceptors (Lipinski definition) is 5. The van der Waals surface area contributed by atoms with E-state index in [0.717, 1.165) is 67.4 Å². The van der Waals surface area contributed by atoms with Gasteiger partial charge < -0.3 is 9.80 Å². The van der Waals surface area contributed by atoms with Crippen LogP contribution in [-0.4, -0.2) is 56.7 Å². The van der Waals surface area contributed by atoms with Gasteiger partial charge in [-0.15, -0.1) is 0 Å². The zero-order valence-corrected chi connectivity index (χ0v) is 18.1.